The molecule has 0 amide bonds. The summed E-state index contributed by atoms with van der Waals surface area (Å²) >= 11 is 1.32. The van der Waals surface area contributed by atoms with Crippen molar-refractivity contribution in [3.05, 3.63) is 42.1 Å². The molecule has 20 heavy (non-hydrogen) atoms. The van der Waals surface area contributed by atoms with Crippen LogP contribution in [0.25, 0.3) is 5.69 Å². The number of phenolic OH excluding ortho intramolecular Hbond substituents is 1. The van der Waals surface area contributed by atoms with Crippen LogP contribution in [0.3, 0.4) is 0 Å². The first-order valence-corrected chi connectivity index (χ1v) is 6.60. The number of nitrogens with zero attached hydrogens (tertiary/aromatic N) is 6. The molecule has 0 unspecified atom stereocenters. The molecule has 0 radical (unpaired) electrons. The van der Waals surface area contributed by atoms with E-state index in [0.29, 0.717) is 10.2 Å². The summed E-state index contributed by atoms with van der Waals surface area (Å²) in [6.07, 6.45) is 0. The first-order chi connectivity index (χ1) is 9.72. The molecule has 2 heterocycles. The van der Waals surface area contributed by atoms with Crippen LogP contribution in [-0.2, 0) is 0 Å². The van der Waals surface area contributed by atoms with Crippen molar-refractivity contribution < 1.29 is 5.11 Å². The van der Waals surface area contributed by atoms with Gasteiger partial charge in [-0.25, -0.2) is 0 Å². The zero-order chi connectivity index (χ0) is 13.9. The van der Waals surface area contributed by atoms with Crippen LogP contribution in [0.4, 0.5) is 0 Å². The van der Waals surface area contributed by atoms with Crippen LogP contribution in [0.15, 0.2) is 46.6 Å². The van der Waals surface area contributed by atoms with Crippen LogP contribution in [-0.4, -0.2) is 35.5 Å². The van der Waals surface area contributed by atoms with E-state index in [2.05, 4.69) is 25.7 Å². The van der Waals surface area contributed by atoms with Gasteiger partial charge >= 0.3 is 0 Å². The summed E-state index contributed by atoms with van der Waals surface area (Å²) in [4.78, 5) is 0. The van der Waals surface area contributed by atoms with Gasteiger partial charge in [0.25, 0.3) is 0 Å². The number of benzene rings is 1. The zero-order valence-electron chi connectivity index (χ0n) is 10.5. The van der Waals surface area contributed by atoms with Gasteiger partial charge in [0.15, 0.2) is 0 Å². The van der Waals surface area contributed by atoms with E-state index in [1.807, 2.05) is 19.1 Å². The SMILES string of the molecule is Cc1ccc(Sc2nnnn2-c2ccc(O)cc2)nn1. The monoisotopic (exact) mass is 286 g/mol. The maximum absolute atomic E-state index is 9.30. The smallest absolute Gasteiger partial charge is 0.220 e. The number of phenols is 1. The third-order valence-electron chi connectivity index (χ3n) is 2.50. The fourth-order valence-corrected chi connectivity index (χ4v) is 2.24. The van der Waals surface area contributed by atoms with Gasteiger partial charge in [-0.15, -0.1) is 10.2 Å². The van der Waals surface area contributed by atoms with Gasteiger partial charge in [0.2, 0.25) is 5.16 Å². The Labute approximate surface area is 118 Å². The first-order valence-electron chi connectivity index (χ1n) is 5.78. The molecule has 2 aromatic heterocycles. The highest BCUT2D eigenvalue weighted by atomic mass is 32.2. The number of hydrogen-bond acceptors (Lipinski definition) is 7. The Morgan fingerprint density at radius 1 is 1.00 bits per heavy atom. The Balaban J connectivity index is 1.90. The molecule has 0 aliphatic heterocycles. The molecule has 0 aliphatic carbocycles. The normalized spacial score (nSPS) is 10.7. The second kappa shape index (κ2) is 5.25. The molecular weight excluding hydrogens is 276 g/mol. The minimum atomic E-state index is 0.195. The molecule has 0 fully saturated rings. The van der Waals surface area contributed by atoms with Crippen molar-refractivity contribution in [1.29, 1.82) is 0 Å². The van der Waals surface area contributed by atoms with Gasteiger partial charge in [-0.05, 0) is 65.5 Å². The van der Waals surface area contributed by atoms with Gasteiger partial charge in [-0.3, -0.25) is 0 Å². The van der Waals surface area contributed by atoms with Crippen LogP contribution in [0.5, 0.6) is 5.75 Å². The summed E-state index contributed by atoms with van der Waals surface area (Å²) in [5.74, 6) is 0.195. The lowest BCUT2D eigenvalue weighted by molar-refractivity contribution is 0.475. The van der Waals surface area contributed by atoms with E-state index in [9.17, 15) is 5.11 Å². The maximum Gasteiger partial charge on any atom is 0.220 e. The Morgan fingerprint density at radius 3 is 2.50 bits per heavy atom. The van der Waals surface area contributed by atoms with Crippen molar-refractivity contribution in [1.82, 2.24) is 30.4 Å². The van der Waals surface area contributed by atoms with Crippen LogP contribution in [0.1, 0.15) is 5.69 Å². The molecule has 7 nitrogen and oxygen atoms in total. The van der Waals surface area contributed by atoms with Crippen molar-refractivity contribution >= 4 is 11.8 Å². The van der Waals surface area contributed by atoms with Crippen molar-refractivity contribution in [2.75, 3.05) is 0 Å². The average Bonchev–Trinajstić information content (AvgIpc) is 2.90. The van der Waals surface area contributed by atoms with Gasteiger partial charge in [-0.1, -0.05) is 0 Å². The minimum absolute atomic E-state index is 0.195. The number of hydrogen-bond donors (Lipinski definition) is 1. The molecule has 1 aromatic carbocycles. The van der Waals surface area contributed by atoms with E-state index in [4.69, 9.17) is 0 Å². The molecule has 0 aliphatic rings. The predicted molar refractivity (Wildman–Crippen MR) is 71.7 cm³/mol. The minimum Gasteiger partial charge on any atom is -0.508 e. The van der Waals surface area contributed by atoms with Crippen LogP contribution in [0.2, 0.25) is 0 Å². The number of aromatic nitrogens is 6. The summed E-state index contributed by atoms with van der Waals surface area (Å²) in [6.45, 7) is 1.88. The van der Waals surface area contributed by atoms with E-state index in [1.165, 1.54) is 11.8 Å². The lowest BCUT2D eigenvalue weighted by Gasteiger charge is -2.03. The van der Waals surface area contributed by atoms with Gasteiger partial charge in [0, 0.05) is 0 Å². The Kier molecular flexibility index (Phi) is 3.30. The standard InChI is InChI=1S/C12H10N6OS/c1-8-2-7-11(14-13-8)20-12-15-16-17-18(12)9-3-5-10(19)6-4-9/h2-7,19H,1H3. The van der Waals surface area contributed by atoms with Crippen LogP contribution in [0, 0.1) is 6.92 Å². The fourth-order valence-electron chi connectivity index (χ4n) is 1.53. The van der Waals surface area contributed by atoms with E-state index >= 15 is 0 Å². The van der Waals surface area contributed by atoms with Crippen LogP contribution >= 0.6 is 11.8 Å². The summed E-state index contributed by atoms with van der Waals surface area (Å²) in [5.41, 5.74) is 1.61. The third kappa shape index (κ3) is 2.59. The molecule has 3 rings (SSSR count). The van der Waals surface area contributed by atoms with Gasteiger partial charge in [-0.2, -0.15) is 9.78 Å². The molecule has 0 spiro atoms. The summed E-state index contributed by atoms with van der Waals surface area (Å²) < 4.78 is 1.58. The second-order valence-corrected chi connectivity index (χ2v) is 4.99. The van der Waals surface area contributed by atoms with E-state index < -0.39 is 0 Å². The first kappa shape index (κ1) is 12.5. The van der Waals surface area contributed by atoms with E-state index in [-0.39, 0.29) is 5.75 Å². The number of rotatable bonds is 3. The number of aryl methyl sites for hydroxylation is 1. The fraction of sp³-hybridized carbons (Fsp3) is 0.0833. The lowest BCUT2D eigenvalue weighted by atomic mass is 10.3. The topological polar surface area (TPSA) is 89.6 Å². The maximum atomic E-state index is 9.30. The highest BCUT2D eigenvalue weighted by Crippen LogP contribution is 2.25. The Morgan fingerprint density at radius 2 is 1.80 bits per heavy atom. The van der Waals surface area contributed by atoms with E-state index in [0.717, 1.165) is 11.4 Å². The van der Waals surface area contributed by atoms with Gasteiger partial charge in [0.05, 0.1) is 11.4 Å². The summed E-state index contributed by atoms with van der Waals surface area (Å²) in [6, 6.07) is 10.4. The third-order valence-corrected chi connectivity index (χ3v) is 3.37. The molecule has 100 valence electrons. The molecule has 0 saturated carbocycles. The second-order valence-electron chi connectivity index (χ2n) is 4.00. The molecule has 0 saturated heterocycles. The molecule has 1 N–H and O–H groups in total. The van der Waals surface area contributed by atoms with Crippen LogP contribution < -0.4 is 0 Å². The Bertz CT molecular complexity index is 710. The van der Waals surface area contributed by atoms with Gasteiger partial charge in [0.1, 0.15) is 10.8 Å². The Hall–Kier alpha value is -2.48. The van der Waals surface area contributed by atoms with E-state index in [1.54, 1.807) is 28.9 Å². The van der Waals surface area contributed by atoms with Gasteiger partial charge < -0.3 is 5.11 Å². The number of aromatic hydroxyl groups is 1. The van der Waals surface area contributed by atoms with Crippen molar-refractivity contribution in [3.63, 3.8) is 0 Å². The molecule has 0 bridgehead atoms. The average molecular weight is 286 g/mol. The summed E-state index contributed by atoms with van der Waals surface area (Å²) in [7, 11) is 0. The molecule has 8 heteroatoms. The molecule has 0 atom stereocenters. The molecule has 3 aromatic rings. The van der Waals surface area contributed by atoms with Crippen molar-refractivity contribution in [3.8, 4) is 11.4 Å². The van der Waals surface area contributed by atoms with Crippen molar-refractivity contribution in [2.24, 2.45) is 0 Å². The largest absolute Gasteiger partial charge is 0.508 e. The lowest BCUT2D eigenvalue weighted by Crippen LogP contribution is -1.99. The molecular formula is C12H10N6OS. The highest BCUT2D eigenvalue weighted by Gasteiger charge is 2.11. The summed E-state index contributed by atoms with van der Waals surface area (Å²) in [5, 5.41) is 30.2. The van der Waals surface area contributed by atoms with Crippen molar-refractivity contribution in [2.45, 2.75) is 17.1 Å². The number of tetrazole rings is 1. The predicted octanol–water partition coefficient (Wildman–Crippen LogP) is 1.62. The highest BCUT2D eigenvalue weighted by molar-refractivity contribution is 7.99. The quantitative estimate of drug-likeness (QED) is 0.782. The zero-order valence-corrected chi connectivity index (χ0v) is 11.3.